The van der Waals surface area contributed by atoms with Crippen LogP contribution in [0.2, 0.25) is 0 Å². The Labute approximate surface area is 101 Å². The van der Waals surface area contributed by atoms with E-state index in [1.807, 2.05) is 11.3 Å². The van der Waals surface area contributed by atoms with Crippen molar-refractivity contribution >= 4 is 11.3 Å². The fourth-order valence-electron chi connectivity index (χ4n) is 2.79. The van der Waals surface area contributed by atoms with Gasteiger partial charge in [0.05, 0.1) is 16.7 Å². The standard InChI is InChI=1S/C12H19N3S/c1-15-6-2-3-11(15)10-8-16-12(14-10)9-4-5-13-7-9/h8-9,11,13H,2-7H2,1H3. The molecule has 1 aromatic heterocycles. The van der Waals surface area contributed by atoms with Crippen LogP contribution in [0, 0.1) is 0 Å². The summed E-state index contributed by atoms with van der Waals surface area (Å²) in [5, 5.41) is 7.04. The van der Waals surface area contributed by atoms with E-state index in [1.54, 1.807) is 0 Å². The van der Waals surface area contributed by atoms with Gasteiger partial charge < -0.3 is 5.32 Å². The first-order valence-electron chi connectivity index (χ1n) is 6.21. The van der Waals surface area contributed by atoms with Crippen molar-refractivity contribution in [2.75, 3.05) is 26.7 Å². The van der Waals surface area contributed by atoms with Crippen LogP contribution in [0.25, 0.3) is 0 Å². The number of rotatable bonds is 2. The minimum atomic E-state index is 0.583. The quantitative estimate of drug-likeness (QED) is 0.852. The van der Waals surface area contributed by atoms with Crippen molar-refractivity contribution in [3.63, 3.8) is 0 Å². The van der Waals surface area contributed by atoms with Crippen LogP contribution in [0.3, 0.4) is 0 Å². The third kappa shape index (κ3) is 1.90. The van der Waals surface area contributed by atoms with E-state index in [0.717, 1.165) is 13.1 Å². The molecule has 1 aromatic rings. The monoisotopic (exact) mass is 237 g/mol. The molecular weight excluding hydrogens is 218 g/mol. The van der Waals surface area contributed by atoms with Crippen molar-refractivity contribution in [2.24, 2.45) is 0 Å². The number of likely N-dealkylation sites (tertiary alicyclic amines) is 1. The van der Waals surface area contributed by atoms with Gasteiger partial charge in [-0.15, -0.1) is 11.3 Å². The highest BCUT2D eigenvalue weighted by Gasteiger charge is 2.26. The zero-order chi connectivity index (χ0) is 11.0. The lowest BCUT2D eigenvalue weighted by Gasteiger charge is -2.16. The molecule has 2 unspecified atom stereocenters. The SMILES string of the molecule is CN1CCCC1c1csc(C2CCNC2)n1. The Balaban J connectivity index is 1.76. The van der Waals surface area contributed by atoms with Crippen LogP contribution in [0.5, 0.6) is 0 Å². The van der Waals surface area contributed by atoms with Crippen molar-refractivity contribution in [2.45, 2.75) is 31.2 Å². The molecule has 2 fully saturated rings. The first kappa shape index (κ1) is 10.7. The van der Waals surface area contributed by atoms with Crippen molar-refractivity contribution in [3.05, 3.63) is 16.1 Å². The zero-order valence-corrected chi connectivity index (χ0v) is 10.6. The Morgan fingerprint density at radius 1 is 1.50 bits per heavy atom. The Morgan fingerprint density at radius 3 is 3.12 bits per heavy atom. The molecular formula is C12H19N3S. The molecule has 3 rings (SSSR count). The van der Waals surface area contributed by atoms with E-state index in [1.165, 1.54) is 36.5 Å². The van der Waals surface area contributed by atoms with Gasteiger partial charge in [-0.1, -0.05) is 0 Å². The smallest absolute Gasteiger partial charge is 0.0973 e. The van der Waals surface area contributed by atoms with Gasteiger partial charge in [0.15, 0.2) is 0 Å². The largest absolute Gasteiger partial charge is 0.316 e. The predicted molar refractivity (Wildman–Crippen MR) is 66.9 cm³/mol. The summed E-state index contributed by atoms with van der Waals surface area (Å²) in [6.07, 6.45) is 3.86. The summed E-state index contributed by atoms with van der Waals surface area (Å²) >= 11 is 1.86. The number of nitrogens with zero attached hydrogens (tertiary/aromatic N) is 2. The fraction of sp³-hybridized carbons (Fsp3) is 0.750. The van der Waals surface area contributed by atoms with Crippen LogP contribution in [0.1, 0.15) is 41.9 Å². The average molecular weight is 237 g/mol. The zero-order valence-electron chi connectivity index (χ0n) is 9.78. The summed E-state index contributed by atoms with van der Waals surface area (Å²) in [6, 6.07) is 0.583. The Bertz CT molecular complexity index is 357. The van der Waals surface area contributed by atoms with Crippen molar-refractivity contribution in [3.8, 4) is 0 Å². The van der Waals surface area contributed by atoms with Crippen LogP contribution < -0.4 is 5.32 Å². The second-order valence-corrected chi connectivity index (χ2v) is 5.83. The topological polar surface area (TPSA) is 28.2 Å². The second kappa shape index (κ2) is 4.43. The number of nitrogens with one attached hydrogen (secondary N) is 1. The second-order valence-electron chi connectivity index (χ2n) is 4.94. The highest BCUT2D eigenvalue weighted by Crippen LogP contribution is 2.33. The molecule has 0 spiro atoms. The molecule has 0 radical (unpaired) electrons. The Kier molecular flexibility index (Phi) is 2.96. The maximum Gasteiger partial charge on any atom is 0.0973 e. The molecule has 3 nitrogen and oxygen atoms in total. The number of hydrogen-bond acceptors (Lipinski definition) is 4. The van der Waals surface area contributed by atoms with E-state index < -0.39 is 0 Å². The molecule has 2 aliphatic rings. The highest BCUT2D eigenvalue weighted by atomic mass is 32.1. The molecule has 0 bridgehead atoms. The minimum Gasteiger partial charge on any atom is -0.316 e. The van der Waals surface area contributed by atoms with Crippen LogP contribution in [0.4, 0.5) is 0 Å². The summed E-state index contributed by atoms with van der Waals surface area (Å²) in [6.45, 7) is 3.50. The molecule has 0 aromatic carbocycles. The lowest BCUT2D eigenvalue weighted by atomic mass is 10.1. The molecule has 4 heteroatoms. The van der Waals surface area contributed by atoms with Crippen LogP contribution >= 0.6 is 11.3 Å². The van der Waals surface area contributed by atoms with E-state index >= 15 is 0 Å². The normalized spacial score (nSPS) is 31.3. The summed E-state index contributed by atoms with van der Waals surface area (Å²) in [5.74, 6) is 0.672. The van der Waals surface area contributed by atoms with Crippen molar-refractivity contribution in [1.82, 2.24) is 15.2 Å². The van der Waals surface area contributed by atoms with Crippen molar-refractivity contribution in [1.29, 1.82) is 0 Å². The van der Waals surface area contributed by atoms with Gasteiger partial charge in [0.25, 0.3) is 0 Å². The van der Waals surface area contributed by atoms with Gasteiger partial charge in [-0.3, -0.25) is 4.90 Å². The van der Waals surface area contributed by atoms with Crippen molar-refractivity contribution < 1.29 is 0 Å². The molecule has 0 aliphatic carbocycles. The summed E-state index contributed by atoms with van der Waals surface area (Å²) in [7, 11) is 2.22. The van der Waals surface area contributed by atoms with E-state index in [9.17, 15) is 0 Å². The lowest BCUT2D eigenvalue weighted by Crippen LogP contribution is -2.17. The first-order valence-corrected chi connectivity index (χ1v) is 7.09. The van der Waals surface area contributed by atoms with Crippen LogP contribution in [-0.2, 0) is 0 Å². The van der Waals surface area contributed by atoms with Gasteiger partial charge in [0.2, 0.25) is 0 Å². The summed E-state index contributed by atoms with van der Waals surface area (Å²) in [5.41, 5.74) is 1.31. The molecule has 16 heavy (non-hydrogen) atoms. The highest BCUT2D eigenvalue weighted by molar-refractivity contribution is 7.09. The third-order valence-electron chi connectivity index (χ3n) is 3.81. The molecule has 88 valence electrons. The molecule has 2 aliphatic heterocycles. The fourth-order valence-corrected chi connectivity index (χ4v) is 3.79. The van der Waals surface area contributed by atoms with Gasteiger partial charge in [-0.2, -0.15) is 0 Å². The maximum atomic E-state index is 4.86. The Morgan fingerprint density at radius 2 is 2.44 bits per heavy atom. The molecule has 0 amide bonds. The average Bonchev–Trinajstić information content (AvgIpc) is 2.96. The van der Waals surface area contributed by atoms with Gasteiger partial charge in [-0.25, -0.2) is 4.98 Å². The third-order valence-corrected chi connectivity index (χ3v) is 4.84. The first-order chi connectivity index (χ1) is 7.84. The van der Waals surface area contributed by atoms with Gasteiger partial charge in [0, 0.05) is 17.8 Å². The van der Waals surface area contributed by atoms with Crippen LogP contribution in [0.15, 0.2) is 5.38 Å². The molecule has 1 N–H and O–H groups in total. The lowest BCUT2D eigenvalue weighted by molar-refractivity contribution is 0.312. The number of thiazole rings is 1. The van der Waals surface area contributed by atoms with E-state index in [4.69, 9.17) is 4.98 Å². The van der Waals surface area contributed by atoms with E-state index in [-0.39, 0.29) is 0 Å². The Hall–Kier alpha value is -0.450. The number of aromatic nitrogens is 1. The van der Waals surface area contributed by atoms with Gasteiger partial charge >= 0.3 is 0 Å². The van der Waals surface area contributed by atoms with E-state index in [2.05, 4.69) is 22.6 Å². The predicted octanol–water partition coefficient (Wildman–Crippen LogP) is 1.99. The minimum absolute atomic E-state index is 0.583. The van der Waals surface area contributed by atoms with Gasteiger partial charge in [0.1, 0.15) is 0 Å². The molecule has 2 atom stereocenters. The molecule has 0 saturated carbocycles. The summed E-state index contributed by atoms with van der Waals surface area (Å²) < 4.78 is 0. The van der Waals surface area contributed by atoms with Crippen LogP contribution in [-0.4, -0.2) is 36.6 Å². The molecule has 2 saturated heterocycles. The maximum absolute atomic E-state index is 4.86. The summed E-state index contributed by atoms with van der Waals surface area (Å²) in [4.78, 5) is 7.30. The molecule has 3 heterocycles. The van der Waals surface area contributed by atoms with Gasteiger partial charge in [-0.05, 0) is 39.4 Å². The van der Waals surface area contributed by atoms with E-state index in [0.29, 0.717) is 12.0 Å². The number of hydrogen-bond donors (Lipinski definition) is 1.